The van der Waals surface area contributed by atoms with Crippen LogP contribution >= 0.6 is 0 Å². The average molecular weight is 278 g/mol. The molecule has 0 radical (unpaired) electrons. The molecule has 21 heavy (non-hydrogen) atoms. The lowest BCUT2D eigenvalue weighted by Gasteiger charge is -2.11. The van der Waals surface area contributed by atoms with Gasteiger partial charge in [0.2, 0.25) is 0 Å². The standard InChI is InChI=1S/C18H18N2O/c1-4-14-10-17-13(11-19-14)9-16(18(21)20(17)3)15-8-6-5-7-12(15)2/h5-11H,4H2,1-3H3. The van der Waals surface area contributed by atoms with Crippen LogP contribution in [-0.2, 0) is 13.5 Å². The summed E-state index contributed by atoms with van der Waals surface area (Å²) in [4.78, 5) is 17.1. The lowest BCUT2D eigenvalue weighted by Crippen LogP contribution is -2.19. The molecule has 0 bridgehead atoms. The first kappa shape index (κ1) is 13.6. The van der Waals surface area contributed by atoms with Gasteiger partial charge in [0, 0.05) is 29.9 Å². The summed E-state index contributed by atoms with van der Waals surface area (Å²) in [6, 6.07) is 11.9. The van der Waals surface area contributed by atoms with E-state index in [4.69, 9.17) is 0 Å². The minimum absolute atomic E-state index is 0.0325. The molecule has 106 valence electrons. The fraction of sp³-hybridized carbons (Fsp3) is 0.222. The maximum atomic E-state index is 12.7. The quantitative estimate of drug-likeness (QED) is 0.719. The van der Waals surface area contributed by atoms with Gasteiger partial charge in [0.15, 0.2) is 0 Å². The zero-order chi connectivity index (χ0) is 15.0. The molecule has 3 heteroatoms. The van der Waals surface area contributed by atoms with Gasteiger partial charge in [-0.15, -0.1) is 0 Å². The molecule has 3 rings (SSSR count). The molecule has 0 aliphatic rings. The van der Waals surface area contributed by atoms with Crippen LogP contribution < -0.4 is 5.56 Å². The van der Waals surface area contributed by atoms with Crippen molar-refractivity contribution in [1.82, 2.24) is 9.55 Å². The maximum absolute atomic E-state index is 12.7. The minimum Gasteiger partial charge on any atom is -0.311 e. The van der Waals surface area contributed by atoms with Gasteiger partial charge in [0.1, 0.15) is 0 Å². The van der Waals surface area contributed by atoms with E-state index < -0.39 is 0 Å². The molecule has 0 aliphatic heterocycles. The van der Waals surface area contributed by atoms with E-state index in [1.54, 1.807) is 4.57 Å². The Morgan fingerprint density at radius 2 is 1.90 bits per heavy atom. The van der Waals surface area contributed by atoms with Crippen LogP contribution in [0.15, 0.2) is 47.4 Å². The van der Waals surface area contributed by atoms with Crippen LogP contribution in [0.1, 0.15) is 18.2 Å². The van der Waals surface area contributed by atoms with Crippen molar-refractivity contribution in [3.63, 3.8) is 0 Å². The molecule has 3 nitrogen and oxygen atoms in total. The smallest absolute Gasteiger partial charge is 0.258 e. The van der Waals surface area contributed by atoms with Gasteiger partial charge < -0.3 is 4.57 Å². The molecule has 2 aromatic heterocycles. The summed E-state index contributed by atoms with van der Waals surface area (Å²) in [7, 11) is 1.83. The lowest BCUT2D eigenvalue weighted by atomic mass is 10.0. The monoisotopic (exact) mass is 278 g/mol. The van der Waals surface area contributed by atoms with Gasteiger partial charge >= 0.3 is 0 Å². The Bertz CT molecular complexity index is 878. The highest BCUT2D eigenvalue weighted by Gasteiger charge is 2.11. The van der Waals surface area contributed by atoms with Gasteiger partial charge in [-0.25, -0.2) is 0 Å². The SMILES string of the molecule is CCc1cc2c(cn1)cc(-c1ccccc1C)c(=O)n2C. The number of benzene rings is 1. The van der Waals surface area contributed by atoms with Gasteiger partial charge in [-0.05, 0) is 36.6 Å². The molecule has 0 fully saturated rings. The number of hydrogen-bond donors (Lipinski definition) is 0. The molecule has 0 aliphatic carbocycles. The van der Waals surface area contributed by atoms with Gasteiger partial charge in [0.25, 0.3) is 5.56 Å². The van der Waals surface area contributed by atoms with Crippen LogP contribution in [0.2, 0.25) is 0 Å². The van der Waals surface area contributed by atoms with Crippen molar-refractivity contribution in [2.75, 3.05) is 0 Å². The van der Waals surface area contributed by atoms with Gasteiger partial charge in [-0.3, -0.25) is 9.78 Å². The predicted octanol–water partition coefficient (Wildman–Crippen LogP) is 3.47. The number of aromatic nitrogens is 2. The second-order valence-electron chi connectivity index (χ2n) is 5.33. The fourth-order valence-electron chi connectivity index (χ4n) is 2.67. The zero-order valence-electron chi connectivity index (χ0n) is 12.6. The Hall–Kier alpha value is -2.42. The number of aryl methyl sites for hydroxylation is 3. The Morgan fingerprint density at radius 1 is 1.14 bits per heavy atom. The fourth-order valence-corrected chi connectivity index (χ4v) is 2.67. The molecule has 0 spiro atoms. The van der Waals surface area contributed by atoms with Crippen molar-refractivity contribution >= 4 is 10.9 Å². The summed E-state index contributed by atoms with van der Waals surface area (Å²) in [6.07, 6.45) is 2.72. The Labute approximate surface area is 123 Å². The topological polar surface area (TPSA) is 34.9 Å². The van der Waals surface area contributed by atoms with E-state index in [0.717, 1.165) is 39.7 Å². The summed E-state index contributed by atoms with van der Waals surface area (Å²) in [5, 5.41) is 0.993. The Kier molecular flexibility index (Phi) is 3.34. The number of nitrogens with zero attached hydrogens (tertiary/aromatic N) is 2. The largest absolute Gasteiger partial charge is 0.311 e. The van der Waals surface area contributed by atoms with E-state index >= 15 is 0 Å². The Morgan fingerprint density at radius 3 is 2.62 bits per heavy atom. The van der Waals surface area contributed by atoms with Crippen molar-refractivity contribution in [3.8, 4) is 11.1 Å². The summed E-state index contributed by atoms with van der Waals surface area (Å²) in [5.41, 5.74) is 4.79. The summed E-state index contributed by atoms with van der Waals surface area (Å²) in [5.74, 6) is 0. The van der Waals surface area contributed by atoms with Crippen molar-refractivity contribution in [3.05, 3.63) is 64.2 Å². The molecule has 0 atom stereocenters. The summed E-state index contributed by atoms with van der Waals surface area (Å²) >= 11 is 0. The highest BCUT2D eigenvalue weighted by Crippen LogP contribution is 2.23. The van der Waals surface area contributed by atoms with Crippen LogP contribution in [0.5, 0.6) is 0 Å². The molecule has 0 saturated heterocycles. The first-order valence-corrected chi connectivity index (χ1v) is 7.16. The van der Waals surface area contributed by atoms with Crippen molar-refractivity contribution in [2.24, 2.45) is 7.05 Å². The van der Waals surface area contributed by atoms with E-state index in [1.165, 1.54) is 0 Å². The average Bonchev–Trinajstić information content (AvgIpc) is 2.51. The predicted molar refractivity (Wildman–Crippen MR) is 86.5 cm³/mol. The van der Waals surface area contributed by atoms with E-state index in [1.807, 2.05) is 56.6 Å². The van der Waals surface area contributed by atoms with E-state index in [2.05, 4.69) is 11.9 Å². The molecular weight excluding hydrogens is 260 g/mol. The number of pyridine rings is 2. The van der Waals surface area contributed by atoms with Crippen LogP contribution in [0, 0.1) is 6.92 Å². The van der Waals surface area contributed by atoms with E-state index in [-0.39, 0.29) is 5.56 Å². The Balaban J connectivity index is 2.34. The number of hydrogen-bond acceptors (Lipinski definition) is 2. The lowest BCUT2D eigenvalue weighted by molar-refractivity contribution is 0.902. The number of fused-ring (bicyclic) bond motifs is 1. The number of rotatable bonds is 2. The van der Waals surface area contributed by atoms with Crippen LogP contribution in [0.3, 0.4) is 0 Å². The summed E-state index contributed by atoms with van der Waals surface area (Å²) < 4.78 is 1.72. The van der Waals surface area contributed by atoms with E-state index in [9.17, 15) is 4.79 Å². The van der Waals surface area contributed by atoms with Gasteiger partial charge in [0.05, 0.1) is 5.52 Å². The van der Waals surface area contributed by atoms with Crippen molar-refractivity contribution < 1.29 is 0 Å². The first-order chi connectivity index (χ1) is 10.1. The highest BCUT2D eigenvalue weighted by atomic mass is 16.1. The molecule has 0 N–H and O–H groups in total. The first-order valence-electron chi connectivity index (χ1n) is 7.16. The molecule has 2 heterocycles. The highest BCUT2D eigenvalue weighted by molar-refractivity contribution is 5.84. The third-order valence-electron chi connectivity index (χ3n) is 3.96. The molecule has 1 aromatic carbocycles. The maximum Gasteiger partial charge on any atom is 0.258 e. The van der Waals surface area contributed by atoms with Crippen LogP contribution in [0.25, 0.3) is 22.0 Å². The molecule has 0 amide bonds. The molecular formula is C18H18N2O. The van der Waals surface area contributed by atoms with Crippen molar-refractivity contribution in [2.45, 2.75) is 20.3 Å². The van der Waals surface area contributed by atoms with Gasteiger partial charge in [-0.2, -0.15) is 0 Å². The third-order valence-corrected chi connectivity index (χ3v) is 3.96. The van der Waals surface area contributed by atoms with Crippen LogP contribution in [0.4, 0.5) is 0 Å². The molecule has 0 saturated carbocycles. The molecule has 3 aromatic rings. The summed E-state index contributed by atoms with van der Waals surface area (Å²) in [6.45, 7) is 4.09. The third kappa shape index (κ3) is 2.25. The normalized spacial score (nSPS) is 11.0. The second-order valence-corrected chi connectivity index (χ2v) is 5.33. The zero-order valence-corrected chi connectivity index (χ0v) is 12.6. The van der Waals surface area contributed by atoms with Gasteiger partial charge in [-0.1, -0.05) is 31.2 Å². The minimum atomic E-state index is 0.0325. The molecule has 0 unspecified atom stereocenters. The van der Waals surface area contributed by atoms with Crippen LogP contribution in [-0.4, -0.2) is 9.55 Å². The van der Waals surface area contributed by atoms with Crippen molar-refractivity contribution in [1.29, 1.82) is 0 Å². The second kappa shape index (κ2) is 5.17. The van der Waals surface area contributed by atoms with E-state index in [0.29, 0.717) is 0 Å².